The van der Waals surface area contributed by atoms with Gasteiger partial charge in [0, 0.05) is 0 Å². The third kappa shape index (κ3) is 3.93. The fourth-order valence-corrected chi connectivity index (χ4v) is 5.35. The normalized spacial score (nSPS) is 32.7. The topological polar surface area (TPSA) is 26.3 Å². The largest absolute Gasteiger partial charge is 0.462 e. The molecule has 4 atom stereocenters. The second kappa shape index (κ2) is 6.57. The summed E-state index contributed by atoms with van der Waals surface area (Å²) in [5.74, 6) is 1.52. The van der Waals surface area contributed by atoms with Crippen LogP contribution in [0.2, 0.25) is 0 Å². The number of ether oxygens (including phenoxy) is 1. The Hall–Kier alpha value is -0.530. The van der Waals surface area contributed by atoms with Gasteiger partial charge in [-0.1, -0.05) is 48.5 Å². The van der Waals surface area contributed by atoms with Crippen molar-refractivity contribution in [3.8, 4) is 0 Å². The lowest BCUT2D eigenvalue weighted by Crippen LogP contribution is -2.37. The zero-order chi connectivity index (χ0) is 19.3. The first-order valence-corrected chi connectivity index (χ1v) is 10.4. The molecule has 2 saturated carbocycles. The summed E-state index contributed by atoms with van der Waals surface area (Å²) < 4.78 is 6.13. The Morgan fingerprint density at radius 2 is 1.76 bits per heavy atom. The Morgan fingerprint density at radius 3 is 2.16 bits per heavy atom. The van der Waals surface area contributed by atoms with Crippen LogP contribution in [0.3, 0.4) is 0 Å². The van der Waals surface area contributed by atoms with E-state index >= 15 is 0 Å². The SMILES string of the molecule is CCC(C)(C)C(=O)OC(CC1CC2CCC1(C)C2(C)C)CC(C)(C)C. The van der Waals surface area contributed by atoms with Crippen LogP contribution in [0.1, 0.15) is 101 Å². The van der Waals surface area contributed by atoms with E-state index in [2.05, 4.69) is 48.5 Å². The molecular weight excluding hydrogens is 308 g/mol. The second-order valence-electron chi connectivity index (χ2n) is 11.6. The molecule has 0 aromatic carbocycles. The smallest absolute Gasteiger partial charge is 0.311 e. The fourth-order valence-electron chi connectivity index (χ4n) is 5.35. The van der Waals surface area contributed by atoms with E-state index < -0.39 is 0 Å². The minimum absolute atomic E-state index is 0.0168. The van der Waals surface area contributed by atoms with Crippen LogP contribution in [-0.4, -0.2) is 12.1 Å². The molecule has 0 aromatic heterocycles. The molecule has 2 aliphatic carbocycles. The van der Waals surface area contributed by atoms with Crippen molar-refractivity contribution in [1.82, 2.24) is 0 Å². The van der Waals surface area contributed by atoms with E-state index in [-0.39, 0.29) is 22.9 Å². The van der Waals surface area contributed by atoms with Crippen molar-refractivity contribution in [2.45, 2.75) is 107 Å². The molecule has 25 heavy (non-hydrogen) atoms. The molecule has 0 aromatic rings. The van der Waals surface area contributed by atoms with Gasteiger partial charge >= 0.3 is 5.97 Å². The Labute approximate surface area is 156 Å². The molecule has 2 heteroatoms. The maximum absolute atomic E-state index is 12.7. The number of hydrogen-bond acceptors (Lipinski definition) is 2. The highest BCUT2D eigenvalue weighted by atomic mass is 16.5. The van der Waals surface area contributed by atoms with Crippen molar-refractivity contribution < 1.29 is 9.53 Å². The Balaban J connectivity index is 2.14. The van der Waals surface area contributed by atoms with Gasteiger partial charge in [0.15, 0.2) is 0 Å². The van der Waals surface area contributed by atoms with Crippen LogP contribution < -0.4 is 0 Å². The van der Waals surface area contributed by atoms with Crippen LogP contribution in [0, 0.1) is 33.5 Å². The lowest BCUT2D eigenvalue weighted by atomic mass is 9.65. The number of carbonyl (C=O) groups excluding carboxylic acids is 1. The van der Waals surface area contributed by atoms with Crippen molar-refractivity contribution in [2.75, 3.05) is 0 Å². The monoisotopic (exact) mass is 350 g/mol. The van der Waals surface area contributed by atoms with Gasteiger partial charge in [-0.2, -0.15) is 0 Å². The van der Waals surface area contributed by atoms with Crippen molar-refractivity contribution in [3.63, 3.8) is 0 Å². The lowest BCUT2D eigenvalue weighted by Gasteiger charge is -2.41. The maximum atomic E-state index is 12.7. The summed E-state index contributed by atoms with van der Waals surface area (Å²) in [5.41, 5.74) is 0.625. The molecule has 0 radical (unpaired) electrons. The molecule has 0 N–H and O–H groups in total. The highest BCUT2D eigenvalue weighted by Crippen LogP contribution is 2.69. The number of fused-ring (bicyclic) bond motifs is 2. The lowest BCUT2D eigenvalue weighted by molar-refractivity contribution is -0.162. The van der Waals surface area contributed by atoms with Crippen molar-refractivity contribution >= 4 is 5.97 Å². The van der Waals surface area contributed by atoms with Gasteiger partial charge in [-0.25, -0.2) is 0 Å². The van der Waals surface area contributed by atoms with E-state index in [9.17, 15) is 4.79 Å². The Bertz CT molecular complexity index is 497. The van der Waals surface area contributed by atoms with Gasteiger partial charge in [0.2, 0.25) is 0 Å². The van der Waals surface area contributed by atoms with E-state index in [0.29, 0.717) is 16.7 Å². The predicted octanol–water partition coefficient (Wildman–Crippen LogP) is 6.62. The highest BCUT2D eigenvalue weighted by Gasteiger charge is 2.61. The minimum Gasteiger partial charge on any atom is -0.462 e. The van der Waals surface area contributed by atoms with Gasteiger partial charge in [-0.3, -0.25) is 4.79 Å². The van der Waals surface area contributed by atoms with Gasteiger partial charge in [0.05, 0.1) is 5.41 Å². The standard InChI is InChI=1S/C23H42O2/c1-10-21(5,6)19(24)25-18(15-20(2,3)4)14-17-13-16-11-12-23(17,9)22(16,7)8/h16-18H,10-15H2,1-9H3. The highest BCUT2D eigenvalue weighted by molar-refractivity contribution is 5.76. The van der Waals surface area contributed by atoms with Crippen LogP contribution in [0.4, 0.5) is 0 Å². The molecule has 2 rings (SSSR count). The summed E-state index contributed by atoms with van der Waals surface area (Å²) in [5, 5.41) is 0. The van der Waals surface area contributed by atoms with E-state index in [1.807, 2.05) is 13.8 Å². The van der Waals surface area contributed by atoms with Gasteiger partial charge in [0.25, 0.3) is 0 Å². The molecule has 0 spiro atoms. The minimum atomic E-state index is -0.381. The molecule has 146 valence electrons. The van der Waals surface area contributed by atoms with E-state index in [0.717, 1.165) is 25.2 Å². The average Bonchev–Trinajstić information content (AvgIpc) is 2.78. The van der Waals surface area contributed by atoms with Crippen molar-refractivity contribution in [2.24, 2.45) is 33.5 Å². The molecule has 0 heterocycles. The molecular formula is C23H42O2. The summed E-state index contributed by atoms with van der Waals surface area (Å²) in [4.78, 5) is 12.7. The summed E-state index contributed by atoms with van der Waals surface area (Å²) in [6.45, 7) is 20.3. The van der Waals surface area contributed by atoms with Gasteiger partial charge in [0.1, 0.15) is 6.10 Å². The molecule has 2 fully saturated rings. The Morgan fingerprint density at radius 1 is 1.16 bits per heavy atom. The number of esters is 1. The first-order valence-electron chi connectivity index (χ1n) is 10.4. The van der Waals surface area contributed by atoms with Gasteiger partial charge < -0.3 is 4.74 Å². The number of carbonyl (C=O) groups is 1. The molecule has 0 amide bonds. The Kier molecular flexibility index (Phi) is 5.46. The molecule has 0 saturated heterocycles. The van der Waals surface area contributed by atoms with Crippen molar-refractivity contribution in [1.29, 1.82) is 0 Å². The predicted molar refractivity (Wildman–Crippen MR) is 105 cm³/mol. The zero-order valence-electron chi connectivity index (χ0n) is 18.3. The summed E-state index contributed by atoms with van der Waals surface area (Å²) in [6, 6.07) is 0. The summed E-state index contributed by atoms with van der Waals surface area (Å²) in [6.07, 6.45) is 6.91. The van der Waals surface area contributed by atoms with E-state index in [4.69, 9.17) is 4.74 Å². The van der Waals surface area contributed by atoms with Crippen LogP contribution in [0.25, 0.3) is 0 Å². The molecule has 0 aliphatic heterocycles. The second-order valence-corrected chi connectivity index (χ2v) is 11.6. The number of hydrogen-bond donors (Lipinski definition) is 0. The van der Waals surface area contributed by atoms with Gasteiger partial charge in [-0.15, -0.1) is 0 Å². The van der Waals surface area contributed by atoms with E-state index in [1.165, 1.54) is 19.3 Å². The van der Waals surface area contributed by atoms with Crippen LogP contribution in [0.5, 0.6) is 0 Å². The summed E-state index contributed by atoms with van der Waals surface area (Å²) >= 11 is 0. The molecule has 4 unspecified atom stereocenters. The average molecular weight is 351 g/mol. The third-order valence-corrected chi connectivity index (χ3v) is 8.07. The van der Waals surface area contributed by atoms with Crippen LogP contribution >= 0.6 is 0 Å². The quantitative estimate of drug-likeness (QED) is 0.503. The van der Waals surface area contributed by atoms with Crippen molar-refractivity contribution in [3.05, 3.63) is 0 Å². The molecule has 2 aliphatic rings. The first kappa shape index (κ1) is 20.8. The fraction of sp³-hybridized carbons (Fsp3) is 0.957. The maximum Gasteiger partial charge on any atom is 0.311 e. The summed E-state index contributed by atoms with van der Waals surface area (Å²) in [7, 11) is 0. The van der Waals surface area contributed by atoms with E-state index in [1.54, 1.807) is 0 Å². The molecule has 2 bridgehead atoms. The number of rotatable bonds is 6. The zero-order valence-corrected chi connectivity index (χ0v) is 18.3. The van der Waals surface area contributed by atoms with Crippen LogP contribution in [0.15, 0.2) is 0 Å². The van der Waals surface area contributed by atoms with Gasteiger partial charge in [-0.05, 0) is 80.5 Å². The molecule has 2 nitrogen and oxygen atoms in total. The van der Waals surface area contributed by atoms with Crippen LogP contribution in [-0.2, 0) is 9.53 Å². The first-order chi connectivity index (χ1) is 11.2. The third-order valence-electron chi connectivity index (χ3n) is 8.07.